The molecule has 3 nitrogen and oxygen atoms in total. The van der Waals surface area contributed by atoms with Crippen LogP contribution in [0.4, 0.5) is 17.1 Å². The zero-order valence-electron chi connectivity index (χ0n) is 13.8. The summed E-state index contributed by atoms with van der Waals surface area (Å²) in [7, 11) is 2.21. The molecule has 2 aliphatic rings. The molecule has 0 spiro atoms. The van der Waals surface area contributed by atoms with Gasteiger partial charge in [-0.15, -0.1) is 0 Å². The van der Waals surface area contributed by atoms with Crippen LogP contribution in [-0.2, 0) is 0 Å². The predicted molar refractivity (Wildman–Crippen MR) is 97.3 cm³/mol. The van der Waals surface area contributed by atoms with Crippen LogP contribution in [0.2, 0.25) is 0 Å². The Hall–Kier alpha value is -2.13. The van der Waals surface area contributed by atoms with Crippen molar-refractivity contribution in [2.45, 2.75) is 19.8 Å². The first-order chi connectivity index (χ1) is 11.2. The summed E-state index contributed by atoms with van der Waals surface area (Å²) in [5.41, 5.74) is 7.15. The molecule has 2 heterocycles. The number of hydrogen-bond acceptors (Lipinski definition) is 3. The van der Waals surface area contributed by atoms with Gasteiger partial charge in [0.1, 0.15) is 0 Å². The standard InChI is InChI=1S/C20H23N3/c1-14-7-8-17-16(13-14)20(15-9-11-23(2)12-10-15)22-19-6-4-3-5-18(19)21-17/h3-8,13,15,21H,9-12H2,1-2H3. The molecule has 0 bridgehead atoms. The molecular formula is C20H23N3. The van der Waals surface area contributed by atoms with Crippen molar-refractivity contribution in [2.75, 3.05) is 25.5 Å². The molecule has 2 aliphatic heterocycles. The summed E-state index contributed by atoms with van der Waals surface area (Å²) in [4.78, 5) is 7.52. The lowest BCUT2D eigenvalue weighted by molar-refractivity contribution is 0.252. The van der Waals surface area contributed by atoms with Crippen LogP contribution >= 0.6 is 0 Å². The number of para-hydroxylation sites is 2. The molecule has 3 heteroatoms. The number of anilines is 2. The second kappa shape index (κ2) is 5.82. The van der Waals surface area contributed by atoms with Gasteiger partial charge in [0.15, 0.2) is 0 Å². The van der Waals surface area contributed by atoms with E-state index in [-0.39, 0.29) is 0 Å². The van der Waals surface area contributed by atoms with Gasteiger partial charge in [-0.25, -0.2) is 0 Å². The van der Waals surface area contributed by atoms with Gasteiger partial charge in [0.2, 0.25) is 0 Å². The number of likely N-dealkylation sites (tertiary alicyclic amines) is 1. The van der Waals surface area contributed by atoms with Gasteiger partial charge in [0.25, 0.3) is 0 Å². The number of benzene rings is 2. The largest absolute Gasteiger partial charge is 0.353 e. The third-order valence-electron chi connectivity index (χ3n) is 4.97. The van der Waals surface area contributed by atoms with Crippen LogP contribution in [0.15, 0.2) is 47.5 Å². The van der Waals surface area contributed by atoms with Crippen LogP contribution < -0.4 is 5.32 Å². The number of nitrogens with zero attached hydrogens (tertiary/aromatic N) is 2. The van der Waals surface area contributed by atoms with Gasteiger partial charge in [-0.1, -0.05) is 23.8 Å². The summed E-state index contributed by atoms with van der Waals surface area (Å²) in [6, 6.07) is 15.0. The number of nitrogens with one attached hydrogen (secondary N) is 1. The Morgan fingerprint density at radius 2 is 1.83 bits per heavy atom. The van der Waals surface area contributed by atoms with E-state index in [0.29, 0.717) is 5.92 Å². The Bertz CT molecular complexity index is 755. The highest BCUT2D eigenvalue weighted by Crippen LogP contribution is 2.37. The molecule has 1 fully saturated rings. The Morgan fingerprint density at radius 3 is 2.65 bits per heavy atom. The Labute approximate surface area is 138 Å². The van der Waals surface area contributed by atoms with Crippen molar-refractivity contribution in [1.29, 1.82) is 0 Å². The highest BCUT2D eigenvalue weighted by Gasteiger charge is 2.26. The minimum absolute atomic E-state index is 0.541. The first-order valence-corrected chi connectivity index (χ1v) is 8.45. The number of fused-ring (bicyclic) bond motifs is 2. The third kappa shape index (κ3) is 2.77. The molecular weight excluding hydrogens is 282 g/mol. The molecule has 0 atom stereocenters. The van der Waals surface area contributed by atoms with Crippen molar-refractivity contribution in [3.8, 4) is 0 Å². The van der Waals surface area contributed by atoms with Crippen LogP contribution in [0.3, 0.4) is 0 Å². The van der Waals surface area contributed by atoms with Gasteiger partial charge in [0, 0.05) is 17.2 Å². The fraction of sp³-hybridized carbons (Fsp3) is 0.350. The number of hydrogen-bond donors (Lipinski definition) is 1. The second-order valence-electron chi connectivity index (χ2n) is 6.77. The molecule has 0 aromatic heterocycles. The molecule has 0 saturated carbocycles. The van der Waals surface area contributed by atoms with E-state index in [2.05, 4.69) is 66.7 Å². The van der Waals surface area contributed by atoms with Crippen LogP contribution in [0.1, 0.15) is 24.0 Å². The number of aliphatic imine (C=N–C) groups is 1. The monoisotopic (exact) mass is 305 g/mol. The maximum absolute atomic E-state index is 5.11. The van der Waals surface area contributed by atoms with Crippen LogP contribution in [0, 0.1) is 12.8 Å². The average Bonchev–Trinajstić information content (AvgIpc) is 2.72. The summed E-state index contributed by atoms with van der Waals surface area (Å²) >= 11 is 0. The van der Waals surface area contributed by atoms with Gasteiger partial charge < -0.3 is 10.2 Å². The van der Waals surface area contributed by atoms with Crippen molar-refractivity contribution in [1.82, 2.24) is 4.90 Å². The van der Waals surface area contributed by atoms with Gasteiger partial charge in [-0.3, -0.25) is 4.99 Å². The number of aryl methyl sites for hydroxylation is 1. The maximum Gasteiger partial charge on any atom is 0.0868 e. The van der Waals surface area contributed by atoms with Crippen molar-refractivity contribution in [2.24, 2.45) is 10.9 Å². The second-order valence-corrected chi connectivity index (χ2v) is 6.77. The van der Waals surface area contributed by atoms with Crippen molar-refractivity contribution in [3.63, 3.8) is 0 Å². The molecule has 1 N–H and O–H groups in total. The topological polar surface area (TPSA) is 27.6 Å². The molecule has 0 amide bonds. The van der Waals surface area contributed by atoms with Crippen LogP contribution in [0.25, 0.3) is 0 Å². The molecule has 1 saturated heterocycles. The summed E-state index contributed by atoms with van der Waals surface area (Å²) < 4.78 is 0. The average molecular weight is 305 g/mol. The lowest BCUT2D eigenvalue weighted by atomic mass is 9.87. The minimum Gasteiger partial charge on any atom is -0.353 e. The van der Waals surface area contributed by atoms with Gasteiger partial charge in [-0.05, 0) is 64.2 Å². The van der Waals surface area contributed by atoms with E-state index in [0.717, 1.165) is 24.5 Å². The molecule has 0 unspecified atom stereocenters. The van der Waals surface area contributed by atoms with E-state index < -0.39 is 0 Å². The molecule has 0 radical (unpaired) electrons. The molecule has 4 rings (SSSR count). The van der Waals surface area contributed by atoms with Crippen LogP contribution in [0.5, 0.6) is 0 Å². The Kier molecular flexibility index (Phi) is 3.66. The summed E-state index contributed by atoms with van der Waals surface area (Å²) in [5.74, 6) is 0.541. The summed E-state index contributed by atoms with van der Waals surface area (Å²) in [5, 5.41) is 3.58. The van der Waals surface area contributed by atoms with E-state index in [1.54, 1.807) is 0 Å². The fourth-order valence-electron chi connectivity index (χ4n) is 3.58. The SMILES string of the molecule is Cc1ccc2c(c1)C(C1CCN(C)CC1)=Nc1ccccc1N2. The van der Waals surface area contributed by atoms with Gasteiger partial charge >= 0.3 is 0 Å². The molecule has 23 heavy (non-hydrogen) atoms. The molecule has 2 aromatic carbocycles. The highest BCUT2D eigenvalue weighted by atomic mass is 15.1. The third-order valence-corrected chi connectivity index (χ3v) is 4.97. The van der Waals surface area contributed by atoms with Gasteiger partial charge in [0.05, 0.1) is 17.1 Å². The lowest BCUT2D eigenvalue weighted by Crippen LogP contribution is -2.34. The van der Waals surface area contributed by atoms with Crippen molar-refractivity contribution >= 4 is 22.8 Å². The van der Waals surface area contributed by atoms with E-state index in [4.69, 9.17) is 4.99 Å². The zero-order valence-corrected chi connectivity index (χ0v) is 13.8. The van der Waals surface area contributed by atoms with Crippen LogP contribution in [-0.4, -0.2) is 30.7 Å². The fourth-order valence-corrected chi connectivity index (χ4v) is 3.58. The maximum atomic E-state index is 5.11. The summed E-state index contributed by atoms with van der Waals surface area (Å²) in [6.45, 7) is 4.46. The molecule has 0 aliphatic carbocycles. The summed E-state index contributed by atoms with van der Waals surface area (Å²) in [6.07, 6.45) is 2.37. The molecule has 2 aromatic rings. The normalized spacial score (nSPS) is 18.4. The van der Waals surface area contributed by atoms with E-state index in [1.165, 1.54) is 35.4 Å². The number of rotatable bonds is 1. The smallest absolute Gasteiger partial charge is 0.0868 e. The van der Waals surface area contributed by atoms with Gasteiger partial charge in [-0.2, -0.15) is 0 Å². The quantitative estimate of drug-likeness (QED) is 0.839. The van der Waals surface area contributed by atoms with Crippen molar-refractivity contribution in [3.05, 3.63) is 53.6 Å². The molecule has 118 valence electrons. The Balaban J connectivity index is 1.84. The first kappa shape index (κ1) is 14.5. The first-order valence-electron chi connectivity index (χ1n) is 8.45. The van der Waals surface area contributed by atoms with E-state index in [1.807, 2.05) is 0 Å². The zero-order chi connectivity index (χ0) is 15.8. The minimum atomic E-state index is 0.541. The van der Waals surface area contributed by atoms with E-state index in [9.17, 15) is 0 Å². The predicted octanol–water partition coefficient (Wildman–Crippen LogP) is 4.51. The Morgan fingerprint density at radius 1 is 1.04 bits per heavy atom. The number of piperidine rings is 1. The lowest BCUT2D eigenvalue weighted by Gasteiger charge is -2.30. The van der Waals surface area contributed by atoms with E-state index >= 15 is 0 Å². The van der Waals surface area contributed by atoms with Crippen molar-refractivity contribution < 1.29 is 0 Å². The highest BCUT2D eigenvalue weighted by molar-refractivity contribution is 6.10.